The minimum absolute atomic E-state index is 0.0532. The number of nitrogens with zero attached hydrogens (tertiary/aromatic N) is 4. The first-order chi connectivity index (χ1) is 25.4. The van der Waals surface area contributed by atoms with Crippen molar-refractivity contribution >= 4 is 29.2 Å². The number of pyridine rings is 1. The molecule has 0 bridgehead atoms. The third kappa shape index (κ3) is 6.53. The van der Waals surface area contributed by atoms with E-state index in [9.17, 15) is 19.2 Å². The molecule has 8 rings (SSSR count). The molecular formula is C40H37N5O7. The molecule has 1 saturated heterocycles. The van der Waals surface area contributed by atoms with Gasteiger partial charge < -0.3 is 14.2 Å². The number of piperidine rings is 1. The summed E-state index contributed by atoms with van der Waals surface area (Å²) >= 11 is 0. The van der Waals surface area contributed by atoms with Crippen LogP contribution >= 0.6 is 0 Å². The second-order valence-electron chi connectivity index (χ2n) is 13.2. The maximum absolute atomic E-state index is 13.2. The summed E-state index contributed by atoms with van der Waals surface area (Å²) in [5, 5.41) is 7.21. The van der Waals surface area contributed by atoms with E-state index in [0.29, 0.717) is 24.9 Å². The van der Waals surface area contributed by atoms with Gasteiger partial charge in [-0.3, -0.25) is 34.4 Å². The predicted octanol–water partition coefficient (Wildman–Crippen LogP) is 5.32. The number of ether oxygens (including phenoxy) is 3. The number of hydrogen-bond donors (Lipinski definition) is 1. The Labute approximate surface area is 300 Å². The molecule has 2 aromatic heterocycles. The van der Waals surface area contributed by atoms with Crippen molar-refractivity contribution in [2.45, 2.75) is 44.6 Å². The molecule has 0 spiro atoms. The fourth-order valence-electron chi connectivity index (χ4n) is 7.39. The van der Waals surface area contributed by atoms with E-state index >= 15 is 0 Å². The van der Waals surface area contributed by atoms with E-state index in [-0.39, 0.29) is 42.9 Å². The van der Waals surface area contributed by atoms with Gasteiger partial charge in [-0.1, -0.05) is 23.8 Å². The topological polar surface area (TPSA) is 142 Å². The number of carbonyl (C=O) groups excluding carboxylic acids is 4. The predicted molar refractivity (Wildman–Crippen MR) is 190 cm³/mol. The normalized spacial score (nSPS) is 19.6. The van der Waals surface area contributed by atoms with Crippen LogP contribution in [0.5, 0.6) is 11.5 Å². The Morgan fingerprint density at radius 2 is 1.63 bits per heavy atom. The van der Waals surface area contributed by atoms with Crippen molar-refractivity contribution in [3.05, 3.63) is 108 Å². The summed E-state index contributed by atoms with van der Waals surface area (Å²) in [6.07, 6.45) is 15.4. The first-order valence-corrected chi connectivity index (χ1v) is 17.6. The van der Waals surface area contributed by atoms with Gasteiger partial charge in [0, 0.05) is 36.1 Å². The quantitative estimate of drug-likeness (QED) is 0.154. The highest BCUT2D eigenvalue weighted by atomic mass is 16.5. The van der Waals surface area contributed by atoms with Gasteiger partial charge in [0.25, 0.3) is 11.8 Å². The number of nitrogens with one attached hydrogen (secondary N) is 1. The second kappa shape index (κ2) is 14.4. The number of hydrogen-bond acceptors (Lipinski definition) is 9. The third-order valence-corrected chi connectivity index (χ3v) is 10.00. The lowest BCUT2D eigenvalue weighted by Crippen LogP contribution is -2.54. The molecule has 2 unspecified atom stereocenters. The van der Waals surface area contributed by atoms with Gasteiger partial charge in [0.1, 0.15) is 36.4 Å². The largest absolute Gasteiger partial charge is 0.491 e. The fraction of sp³-hybridized carbons (Fsp3) is 0.300. The average Bonchev–Trinajstić information content (AvgIpc) is 3.89. The van der Waals surface area contributed by atoms with E-state index in [1.165, 1.54) is 30.9 Å². The van der Waals surface area contributed by atoms with Crippen LogP contribution in [0.1, 0.15) is 64.8 Å². The highest BCUT2D eigenvalue weighted by molar-refractivity contribution is 6.24. The Morgan fingerprint density at radius 3 is 2.44 bits per heavy atom. The smallest absolute Gasteiger partial charge is 0.266 e. The van der Waals surface area contributed by atoms with Crippen LogP contribution in [0.15, 0.2) is 90.9 Å². The zero-order chi connectivity index (χ0) is 35.6. The van der Waals surface area contributed by atoms with Gasteiger partial charge in [0.2, 0.25) is 11.8 Å². The van der Waals surface area contributed by atoms with Gasteiger partial charge in [-0.2, -0.15) is 5.10 Å². The van der Waals surface area contributed by atoms with Crippen LogP contribution in [0, 0.1) is 5.92 Å². The lowest BCUT2D eigenvalue weighted by Gasteiger charge is -2.27. The van der Waals surface area contributed by atoms with Crippen molar-refractivity contribution in [2.75, 3.05) is 26.4 Å². The van der Waals surface area contributed by atoms with E-state index in [2.05, 4.69) is 28.6 Å². The summed E-state index contributed by atoms with van der Waals surface area (Å²) in [5.74, 6) is -0.664. The van der Waals surface area contributed by atoms with Crippen LogP contribution in [-0.2, 0) is 14.3 Å². The molecule has 1 saturated carbocycles. The van der Waals surface area contributed by atoms with Crippen LogP contribution in [0.2, 0.25) is 0 Å². The summed E-state index contributed by atoms with van der Waals surface area (Å²) in [5.41, 5.74) is 7.02. The van der Waals surface area contributed by atoms with Gasteiger partial charge in [0.05, 0.1) is 30.0 Å². The average molecular weight is 700 g/mol. The lowest BCUT2D eigenvalue weighted by molar-refractivity contribution is -0.136. The minimum Gasteiger partial charge on any atom is -0.491 e. The minimum atomic E-state index is -1.04. The van der Waals surface area contributed by atoms with Crippen LogP contribution in [0.25, 0.3) is 22.5 Å². The molecule has 12 heteroatoms. The Kier molecular flexibility index (Phi) is 9.21. The SMILES string of the molecule is O=C1CCC(N2C(=O)c3cccc(OCCOCCOc4ccc(-n5cc(C6=CCC7CCCC7=C6)c(-c6ccncc6)n5)cc4)c3C2=O)C(=O)N1. The number of amides is 4. The van der Waals surface area contributed by atoms with Crippen LogP contribution in [0.3, 0.4) is 0 Å². The number of benzene rings is 2. The van der Waals surface area contributed by atoms with E-state index in [0.717, 1.165) is 33.8 Å². The molecule has 2 aliphatic heterocycles. The molecule has 4 aliphatic rings. The van der Waals surface area contributed by atoms with E-state index in [1.54, 1.807) is 30.1 Å². The summed E-state index contributed by atoms with van der Waals surface area (Å²) in [6, 6.07) is 15.5. The third-order valence-electron chi connectivity index (χ3n) is 10.00. The fourth-order valence-corrected chi connectivity index (χ4v) is 7.39. The van der Waals surface area contributed by atoms with E-state index in [4.69, 9.17) is 19.3 Å². The van der Waals surface area contributed by atoms with Crippen molar-refractivity contribution < 1.29 is 33.4 Å². The molecule has 4 aromatic rings. The molecule has 2 aliphatic carbocycles. The number of fused-ring (bicyclic) bond motifs is 2. The molecule has 264 valence electrons. The number of allylic oxidation sites excluding steroid dienone is 4. The molecule has 4 amide bonds. The van der Waals surface area contributed by atoms with Crippen molar-refractivity contribution in [3.63, 3.8) is 0 Å². The van der Waals surface area contributed by atoms with Gasteiger partial charge in [-0.25, -0.2) is 4.68 Å². The first-order valence-electron chi connectivity index (χ1n) is 17.6. The molecule has 2 fully saturated rings. The maximum atomic E-state index is 13.2. The number of carbonyl (C=O) groups is 4. The van der Waals surface area contributed by atoms with Gasteiger partial charge >= 0.3 is 0 Å². The number of imide groups is 2. The summed E-state index contributed by atoms with van der Waals surface area (Å²) in [4.78, 5) is 55.3. The number of rotatable bonds is 12. The number of aromatic nitrogens is 3. The molecule has 2 aromatic carbocycles. The van der Waals surface area contributed by atoms with E-state index in [1.807, 2.05) is 41.1 Å². The van der Waals surface area contributed by atoms with Gasteiger partial charge in [0.15, 0.2) is 0 Å². The lowest BCUT2D eigenvalue weighted by atomic mass is 9.88. The van der Waals surface area contributed by atoms with Crippen LogP contribution < -0.4 is 14.8 Å². The maximum Gasteiger partial charge on any atom is 0.266 e. The molecule has 4 heterocycles. The second-order valence-corrected chi connectivity index (χ2v) is 13.2. The molecule has 52 heavy (non-hydrogen) atoms. The molecule has 12 nitrogen and oxygen atoms in total. The summed E-state index contributed by atoms with van der Waals surface area (Å²) < 4.78 is 19.3. The zero-order valence-electron chi connectivity index (χ0n) is 28.5. The van der Waals surface area contributed by atoms with Gasteiger partial charge in [-0.15, -0.1) is 0 Å². The standard InChI is InChI=1S/C40H37N5O7/c46-35-14-13-33(38(47)42-35)45-39(48)31-5-2-6-34(36(31)40(45)49)52-22-20-50-19-21-51-30-11-9-29(10-12-30)44-24-32(37(43-44)26-15-17-41-18-16-26)28-8-7-25-3-1-4-27(25)23-28/h2,5-6,8-12,15-18,23-25,33H,1,3-4,7,13-14,19-22H2,(H,42,46,47). The van der Waals surface area contributed by atoms with Crippen molar-refractivity contribution in [1.82, 2.24) is 25.0 Å². The van der Waals surface area contributed by atoms with Crippen LogP contribution in [0.4, 0.5) is 0 Å². The Bertz CT molecular complexity index is 2100. The van der Waals surface area contributed by atoms with Crippen LogP contribution in [-0.4, -0.2) is 75.8 Å². The van der Waals surface area contributed by atoms with Crippen molar-refractivity contribution in [1.29, 1.82) is 0 Å². The molecule has 2 atom stereocenters. The zero-order valence-corrected chi connectivity index (χ0v) is 28.5. The first kappa shape index (κ1) is 33.3. The summed E-state index contributed by atoms with van der Waals surface area (Å²) in [6.45, 7) is 0.977. The highest BCUT2D eigenvalue weighted by Gasteiger charge is 2.46. The Balaban J connectivity index is 0.838. The molecule has 0 radical (unpaired) electrons. The molecular weight excluding hydrogens is 662 g/mol. The van der Waals surface area contributed by atoms with Gasteiger partial charge in [-0.05, 0) is 92.1 Å². The summed E-state index contributed by atoms with van der Waals surface area (Å²) in [7, 11) is 0. The van der Waals surface area contributed by atoms with E-state index < -0.39 is 29.7 Å². The monoisotopic (exact) mass is 699 g/mol. The highest BCUT2D eigenvalue weighted by Crippen LogP contribution is 2.41. The Hall–Kier alpha value is -5.88. The van der Waals surface area contributed by atoms with Crippen molar-refractivity contribution in [3.8, 4) is 28.4 Å². The molecule has 1 N–H and O–H groups in total. The van der Waals surface area contributed by atoms with Crippen molar-refractivity contribution in [2.24, 2.45) is 5.92 Å². The Morgan fingerprint density at radius 1 is 0.827 bits per heavy atom.